The zero-order valence-corrected chi connectivity index (χ0v) is 14.4. The molecule has 108 valence electrons. The third-order valence-electron chi connectivity index (χ3n) is 4.33. The van der Waals surface area contributed by atoms with Gasteiger partial charge in [0.2, 0.25) is 0 Å². The zero-order chi connectivity index (χ0) is 13.7. The third kappa shape index (κ3) is 4.28. The van der Waals surface area contributed by atoms with Gasteiger partial charge >= 0.3 is 0 Å². The molecule has 2 rings (SSSR count). The van der Waals surface area contributed by atoms with Gasteiger partial charge in [-0.25, -0.2) is 0 Å². The molecule has 1 saturated heterocycles. The standard InChI is InChI=1S/C15H25BrN2S/c1-3-15(4-2)12-18(10-5-9-17-15)11-8-13-6-7-14(16)19-13/h6-7,17H,3-5,8-12H2,1-2H3. The van der Waals surface area contributed by atoms with Crippen molar-refractivity contribution in [2.24, 2.45) is 0 Å². The summed E-state index contributed by atoms with van der Waals surface area (Å²) >= 11 is 5.41. The fourth-order valence-corrected chi connectivity index (χ4v) is 4.36. The molecule has 4 heteroatoms. The molecular weight excluding hydrogens is 320 g/mol. The molecule has 0 aliphatic carbocycles. The highest BCUT2D eigenvalue weighted by molar-refractivity contribution is 9.11. The van der Waals surface area contributed by atoms with Gasteiger partial charge in [-0.2, -0.15) is 0 Å². The number of halogens is 1. The maximum Gasteiger partial charge on any atom is 0.0701 e. The first-order chi connectivity index (χ1) is 9.17. The highest BCUT2D eigenvalue weighted by atomic mass is 79.9. The molecule has 0 aromatic carbocycles. The molecule has 0 bridgehead atoms. The Bertz CT molecular complexity index is 387. The summed E-state index contributed by atoms with van der Waals surface area (Å²) in [5.74, 6) is 0. The van der Waals surface area contributed by atoms with Gasteiger partial charge in [-0.05, 0) is 66.8 Å². The Balaban J connectivity index is 1.91. The van der Waals surface area contributed by atoms with Crippen LogP contribution in [0.4, 0.5) is 0 Å². The highest BCUT2D eigenvalue weighted by Gasteiger charge is 2.29. The van der Waals surface area contributed by atoms with Crippen LogP contribution in [0.5, 0.6) is 0 Å². The van der Waals surface area contributed by atoms with Crippen LogP contribution in [0.3, 0.4) is 0 Å². The summed E-state index contributed by atoms with van der Waals surface area (Å²) in [6.07, 6.45) is 4.91. The van der Waals surface area contributed by atoms with Crippen LogP contribution in [0.2, 0.25) is 0 Å². The van der Waals surface area contributed by atoms with E-state index in [-0.39, 0.29) is 0 Å². The lowest BCUT2D eigenvalue weighted by Crippen LogP contribution is -2.50. The van der Waals surface area contributed by atoms with E-state index in [9.17, 15) is 0 Å². The lowest BCUT2D eigenvalue weighted by atomic mass is 9.92. The predicted molar refractivity (Wildman–Crippen MR) is 88.1 cm³/mol. The molecule has 1 aromatic rings. The van der Waals surface area contributed by atoms with Crippen LogP contribution in [-0.4, -0.2) is 36.6 Å². The minimum atomic E-state index is 0.340. The van der Waals surface area contributed by atoms with E-state index < -0.39 is 0 Å². The molecule has 0 amide bonds. The molecule has 0 saturated carbocycles. The second-order valence-electron chi connectivity index (χ2n) is 5.50. The van der Waals surface area contributed by atoms with Gasteiger partial charge in [0, 0.05) is 23.5 Å². The number of hydrogen-bond donors (Lipinski definition) is 1. The summed E-state index contributed by atoms with van der Waals surface area (Å²) in [6.45, 7) is 9.43. The summed E-state index contributed by atoms with van der Waals surface area (Å²) in [5.41, 5.74) is 0.340. The second kappa shape index (κ2) is 7.21. The van der Waals surface area contributed by atoms with E-state index in [4.69, 9.17) is 0 Å². The van der Waals surface area contributed by atoms with Gasteiger partial charge < -0.3 is 10.2 Å². The van der Waals surface area contributed by atoms with Crippen molar-refractivity contribution in [2.75, 3.05) is 26.2 Å². The van der Waals surface area contributed by atoms with E-state index in [1.165, 1.54) is 60.5 Å². The van der Waals surface area contributed by atoms with E-state index in [2.05, 4.69) is 52.1 Å². The van der Waals surface area contributed by atoms with Crippen molar-refractivity contribution in [2.45, 2.75) is 45.1 Å². The van der Waals surface area contributed by atoms with Crippen LogP contribution >= 0.6 is 27.3 Å². The minimum Gasteiger partial charge on any atom is -0.310 e. The molecule has 1 N–H and O–H groups in total. The predicted octanol–water partition coefficient (Wildman–Crippen LogP) is 3.91. The molecule has 2 heterocycles. The Labute approximate surface area is 129 Å². The fourth-order valence-electron chi connectivity index (χ4n) is 2.89. The van der Waals surface area contributed by atoms with Crippen molar-refractivity contribution >= 4 is 27.3 Å². The molecule has 1 aliphatic heterocycles. The van der Waals surface area contributed by atoms with Gasteiger partial charge in [0.1, 0.15) is 0 Å². The average Bonchev–Trinajstić information content (AvgIpc) is 2.73. The van der Waals surface area contributed by atoms with Gasteiger partial charge in [-0.3, -0.25) is 0 Å². The number of rotatable bonds is 5. The van der Waals surface area contributed by atoms with Crippen molar-refractivity contribution in [1.29, 1.82) is 0 Å². The highest BCUT2D eigenvalue weighted by Crippen LogP contribution is 2.24. The number of hydrogen-bond acceptors (Lipinski definition) is 3. The first kappa shape index (κ1) is 15.5. The number of nitrogens with zero attached hydrogens (tertiary/aromatic N) is 1. The van der Waals surface area contributed by atoms with E-state index in [1.54, 1.807) is 0 Å². The first-order valence-corrected chi connectivity index (χ1v) is 9.00. The van der Waals surface area contributed by atoms with Crippen molar-refractivity contribution in [1.82, 2.24) is 10.2 Å². The largest absolute Gasteiger partial charge is 0.310 e. The van der Waals surface area contributed by atoms with Crippen LogP contribution < -0.4 is 5.32 Å². The SMILES string of the molecule is CCC1(CC)CN(CCc2ccc(Br)s2)CCCN1. The molecule has 2 nitrogen and oxygen atoms in total. The number of nitrogens with one attached hydrogen (secondary N) is 1. The molecule has 0 radical (unpaired) electrons. The van der Waals surface area contributed by atoms with Gasteiger partial charge in [-0.1, -0.05) is 13.8 Å². The smallest absolute Gasteiger partial charge is 0.0701 e. The zero-order valence-electron chi connectivity index (χ0n) is 12.0. The van der Waals surface area contributed by atoms with Crippen LogP contribution in [0, 0.1) is 0 Å². The molecule has 0 unspecified atom stereocenters. The number of thiophene rings is 1. The topological polar surface area (TPSA) is 15.3 Å². The molecule has 1 fully saturated rings. The Kier molecular flexibility index (Phi) is 5.87. The molecule has 0 atom stereocenters. The van der Waals surface area contributed by atoms with Crippen molar-refractivity contribution in [3.05, 3.63) is 20.8 Å². The maximum atomic E-state index is 3.78. The maximum absolute atomic E-state index is 3.78. The van der Waals surface area contributed by atoms with E-state index in [1.807, 2.05) is 11.3 Å². The Morgan fingerprint density at radius 2 is 2.16 bits per heavy atom. The third-order valence-corrected chi connectivity index (χ3v) is 6.02. The Morgan fingerprint density at radius 1 is 1.37 bits per heavy atom. The molecule has 19 heavy (non-hydrogen) atoms. The summed E-state index contributed by atoms with van der Waals surface area (Å²) in [4.78, 5) is 4.14. The second-order valence-corrected chi connectivity index (χ2v) is 8.05. The van der Waals surface area contributed by atoms with Crippen molar-refractivity contribution < 1.29 is 0 Å². The lowest BCUT2D eigenvalue weighted by Gasteiger charge is -2.35. The summed E-state index contributed by atoms with van der Waals surface area (Å²) in [7, 11) is 0. The molecule has 0 spiro atoms. The Morgan fingerprint density at radius 3 is 2.79 bits per heavy atom. The van der Waals surface area contributed by atoms with Crippen molar-refractivity contribution in [3.63, 3.8) is 0 Å². The van der Waals surface area contributed by atoms with E-state index in [0.29, 0.717) is 5.54 Å². The summed E-state index contributed by atoms with van der Waals surface area (Å²) < 4.78 is 1.25. The van der Waals surface area contributed by atoms with Crippen LogP contribution in [0.25, 0.3) is 0 Å². The Hall–Kier alpha value is 0.1000. The quantitative estimate of drug-likeness (QED) is 0.871. The van der Waals surface area contributed by atoms with Gasteiger partial charge in [0.25, 0.3) is 0 Å². The van der Waals surface area contributed by atoms with Crippen molar-refractivity contribution in [3.8, 4) is 0 Å². The van der Waals surface area contributed by atoms with E-state index >= 15 is 0 Å². The monoisotopic (exact) mass is 344 g/mol. The van der Waals surface area contributed by atoms with Crippen LogP contribution in [-0.2, 0) is 6.42 Å². The fraction of sp³-hybridized carbons (Fsp3) is 0.733. The average molecular weight is 345 g/mol. The van der Waals surface area contributed by atoms with E-state index in [0.717, 1.165) is 0 Å². The normalized spacial score (nSPS) is 20.4. The minimum absolute atomic E-state index is 0.340. The summed E-state index contributed by atoms with van der Waals surface area (Å²) in [5, 5.41) is 3.78. The first-order valence-electron chi connectivity index (χ1n) is 7.39. The summed E-state index contributed by atoms with van der Waals surface area (Å²) in [6, 6.07) is 4.41. The molecule has 1 aromatic heterocycles. The molecule has 1 aliphatic rings. The lowest BCUT2D eigenvalue weighted by molar-refractivity contribution is 0.199. The van der Waals surface area contributed by atoms with Gasteiger partial charge in [0.05, 0.1) is 3.79 Å². The van der Waals surface area contributed by atoms with Gasteiger partial charge in [-0.15, -0.1) is 11.3 Å². The van der Waals surface area contributed by atoms with Gasteiger partial charge in [0.15, 0.2) is 0 Å². The van der Waals surface area contributed by atoms with Crippen LogP contribution in [0.1, 0.15) is 38.0 Å². The molecular formula is C15H25BrN2S. The van der Waals surface area contributed by atoms with Crippen LogP contribution in [0.15, 0.2) is 15.9 Å².